The number of hydrogen-bond donors (Lipinski definition) is 1. The fourth-order valence-corrected chi connectivity index (χ4v) is 3.42. The van der Waals surface area contributed by atoms with Crippen LogP contribution in [0.5, 0.6) is 0 Å². The lowest BCUT2D eigenvalue weighted by molar-refractivity contribution is 0.228. The van der Waals surface area contributed by atoms with E-state index < -0.39 is 0 Å². The van der Waals surface area contributed by atoms with E-state index in [1.165, 1.54) is 25.3 Å². The molecule has 2 saturated heterocycles. The highest BCUT2D eigenvalue weighted by Gasteiger charge is 2.41. The van der Waals surface area contributed by atoms with Gasteiger partial charge in [0, 0.05) is 31.4 Å². The molecular weight excluding hydrogens is 224 g/mol. The van der Waals surface area contributed by atoms with Crippen LogP contribution in [0.15, 0.2) is 12.3 Å². The van der Waals surface area contributed by atoms with Gasteiger partial charge in [-0.1, -0.05) is 0 Å². The maximum absolute atomic E-state index is 4.66. The highest BCUT2D eigenvalue weighted by Crippen LogP contribution is 2.32. The standard InChI is InChI=1S/C14H24N4/c1-10(2)18-5-4-13(16-18)9-17-8-12-6-15-7-14(12)11(17)3/h4-5,10-12,14-15H,6-9H2,1-3H3. The van der Waals surface area contributed by atoms with Crippen LogP contribution in [-0.2, 0) is 6.54 Å². The summed E-state index contributed by atoms with van der Waals surface area (Å²) in [5.74, 6) is 1.70. The highest BCUT2D eigenvalue weighted by molar-refractivity contribution is 5.03. The summed E-state index contributed by atoms with van der Waals surface area (Å²) in [7, 11) is 0. The average molecular weight is 248 g/mol. The van der Waals surface area contributed by atoms with Gasteiger partial charge >= 0.3 is 0 Å². The van der Waals surface area contributed by atoms with Crippen molar-refractivity contribution >= 4 is 0 Å². The molecule has 0 aliphatic carbocycles. The molecule has 1 aromatic heterocycles. The van der Waals surface area contributed by atoms with Crippen LogP contribution in [0.2, 0.25) is 0 Å². The quantitative estimate of drug-likeness (QED) is 0.880. The van der Waals surface area contributed by atoms with Gasteiger partial charge in [-0.3, -0.25) is 9.58 Å². The zero-order valence-electron chi connectivity index (χ0n) is 11.6. The summed E-state index contributed by atoms with van der Waals surface area (Å²) in [4.78, 5) is 2.60. The van der Waals surface area contributed by atoms with Gasteiger partial charge in [0.25, 0.3) is 0 Å². The summed E-state index contributed by atoms with van der Waals surface area (Å²) in [5, 5.41) is 8.17. The van der Waals surface area contributed by atoms with Crippen LogP contribution >= 0.6 is 0 Å². The zero-order chi connectivity index (χ0) is 12.7. The van der Waals surface area contributed by atoms with E-state index in [0.717, 1.165) is 18.4 Å². The first-order valence-corrected chi connectivity index (χ1v) is 7.14. The lowest BCUT2D eigenvalue weighted by Crippen LogP contribution is -2.32. The molecule has 1 aromatic rings. The topological polar surface area (TPSA) is 33.1 Å². The van der Waals surface area contributed by atoms with Crippen molar-refractivity contribution in [2.24, 2.45) is 11.8 Å². The highest BCUT2D eigenvalue weighted by atomic mass is 15.3. The summed E-state index contributed by atoms with van der Waals surface area (Å²) in [5.41, 5.74) is 1.21. The second-order valence-corrected chi connectivity index (χ2v) is 6.13. The largest absolute Gasteiger partial charge is 0.316 e. The van der Waals surface area contributed by atoms with Crippen molar-refractivity contribution in [2.75, 3.05) is 19.6 Å². The minimum atomic E-state index is 0.457. The van der Waals surface area contributed by atoms with Crippen LogP contribution in [0.25, 0.3) is 0 Å². The third kappa shape index (κ3) is 2.08. The molecular formula is C14H24N4. The first kappa shape index (κ1) is 12.2. The Morgan fingerprint density at radius 1 is 1.44 bits per heavy atom. The van der Waals surface area contributed by atoms with Gasteiger partial charge in [0.1, 0.15) is 0 Å². The van der Waals surface area contributed by atoms with Gasteiger partial charge in [-0.25, -0.2) is 0 Å². The van der Waals surface area contributed by atoms with Gasteiger partial charge in [0.05, 0.1) is 5.69 Å². The molecule has 2 fully saturated rings. The summed E-state index contributed by atoms with van der Waals surface area (Å²) < 4.78 is 2.05. The average Bonchev–Trinajstić information content (AvgIpc) is 2.99. The molecule has 3 atom stereocenters. The Hall–Kier alpha value is -0.870. The van der Waals surface area contributed by atoms with Crippen molar-refractivity contribution in [3.8, 4) is 0 Å². The molecule has 3 heterocycles. The van der Waals surface area contributed by atoms with Crippen LogP contribution in [-0.4, -0.2) is 40.4 Å². The molecule has 3 unspecified atom stereocenters. The van der Waals surface area contributed by atoms with Crippen molar-refractivity contribution in [3.05, 3.63) is 18.0 Å². The minimum absolute atomic E-state index is 0.457. The molecule has 3 rings (SSSR count). The van der Waals surface area contributed by atoms with E-state index >= 15 is 0 Å². The van der Waals surface area contributed by atoms with Crippen molar-refractivity contribution in [3.63, 3.8) is 0 Å². The molecule has 4 nitrogen and oxygen atoms in total. The lowest BCUT2D eigenvalue weighted by Gasteiger charge is -2.23. The van der Waals surface area contributed by atoms with E-state index in [0.29, 0.717) is 12.1 Å². The Bertz CT molecular complexity index is 412. The first-order valence-electron chi connectivity index (χ1n) is 7.14. The third-order valence-corrected chi connectivity index (χ3v) is 4.61. The molecule has 18 heavy (non-hydrogen) atoms. The van der Waals surface area contributed by atoms with E-state index in [1.54, 1.807) is 0 Å². The number of aromatic nitrogens is 2. The van der Waals surface area contributed by atoms with Crippen LogP contribution in [0, 0.1) is 11.8 Å². The number of nitrogens with zero attached hydrogens (tertiary/aromatic N) is 3. The van der Waals surface area contributed by atoms with Gasteiger partial charge < -0.3 is 5.32 Å². The number of hydrogen-bond acceptors (Lipinski definition) is 3. The molecule has 0 spiro atoms. The predicted molar refractivity (Wildman–Crippen MR) is 72.3 cm³/mol. The number of rotatable bonds is 3. The molecule has 4 heteroatoms. The molecule has 2 aliphatic rings. The predicted octanol–water partition coefficient (Wildman–Crippen LogP) is 1.50. The van der Waals surface area contributed by atoms with Crippen LogP contribution in [0.3, 0.4) is 0 Å². The molecule has 0 amide bonds. The van der Waals surface area contributed by atoms with Gasteiger partial charge in [0.2, 0.25) is 0 Å². The monoisotopic (exact) mass is 248 g/mol. The van der Waals surface area contributed by atoms with E-state index in [1.807, 2.05) is 0 Å². The molecule has 1 N–H and O–H groups in total. The SMILES string of the molecule is CC1C2CNCC2CN1Cc1ccn(C(C)C)n1. The van der Waals surface area contributed by atoms with Crippen molar-refractivity contribution in [2.45, 2.75) is 39.4 Å². The molecule has 0 saturated carbocycles. The van der Waals surface area contributed by atoms with E-state index in [9.17, 15) is 0 Å². The van der Waals surface area contributed by atoms with Gasteiger partial charge in [-0.05, 0) is 51.8 Å². The first-order chi connectivity index (χ1) is 8.65. The van der Waals surface area contributed by atoms with Gasteiger partial charge in [-0.2, -0.15) is 5.10 Å². The second kappa shape index (κ2) is 4.67. The smallest absolute Gasteiger partial charge is 0.0764 e. The molecule has 0 radical (unpaired) electrons. The maximum Gasteiger partial charge on any atom is 0.0764 e. The Morgan fingerprint density at radius 2 is 2.28 bits per heavy atom. The van der Waals surface area contributed by atoms with E-state index in [2.05, 4.69) is 53.0 Å². The summed E-state index contributed by atoms with van der Waals surface area (Å²) in [6, 6.07) is 3.31. The Balaban J connectivity index is 1.66. The Morgan fingerprint density at radius 3 is 2.94 bits per heavy atom. The molecule has 0 bridgehead atoms. The van der Waals surface area contributed by atoms with E-state index in [-0.39, 0.29) is 0 Å². The van der Waals surface area contributed by atoms with E-state index in [4.69, 9.17) is 0 Å². The van der Waals surface area contributed by atoms with Crippen LogP contribution in [0.4, 0.5) is 0 Å². The zero-order valence-corrected chi connectivity index (χ0v) is 11.6. The number of fused-ring (bicyclic) bond motifs is 1. The lowest BCUT2D eigenvalue weighted by atomic mass is 9.95. The van der Waals surface area contributed by atoms with Crippen molar-refractivity contribution in [1.29, 1.82) is 0 Å². The van der Waals surface area contributed by atoms with Crippen LogP contribution in [0.1, 0.15) is 32.5 Å². The van der Waals surface area contributed by atoms with Gasteiger partial charge in [-0.15, -0.1) is 0 Å². The van der Waals surface area contributed by atoms with Crippen molar-refractivity contribution in [1.82, 2.24) is 20.0 Å². The fraction of sp³-hybridized carbons (Fsp3) is 0.786. The summed E-state index contributed by atoms with van der Waals surface area (Å²) in [6.07, 6.45) is 2.10. The maximum atomic E-state index is 4.66. The molecule has 0 aromatic carbocycles. The van der Waals surface area contributed by atoms with Gasteiger partial charge in [0.15, 0.2) is 0 Å². The third-order valence-electron chi connectivity index (χ3n) is 4.61. The second-order valence-electron chi connectivity index (χ2n) is 6.13. The summed E-state index contributed by atoms with van der Waals surface area (Å²) >= 11 is 0. The van der Waals surface area contributed by atoms with Crippen molar-refractivity contribution < 1.29 is 0 Å². The number of likely N-dealkylation sites (tertiary alicyclic amines) is 1. The number of nitrogens with one attached hydrogen (secondary N) is 1. The Labute approximate surface area is 109 Å². The normalized spacial score (nSPS) is 32.3. The molecule has 100 valence electrons. The van der Waals surface area contributed by atoms with Crippen LogP contribution < -0.4 is 5.32 Å². The Kier molecular flexibility index (Phi) is 3.16. The summed E-state index contributed by atoms with van der Waals surface area (Å²) in [6.45, 7) is 11.4. The fourth-order valence-electron chi connectivity index (χ4n) is 3.42. The molecule has 2 aliphatic heterocycles. The minimum Gasteiger partial charge on any atom is -0.316 e.